The Bertz CT molecular complexity index is 649. The van der Waals surface area contributed by atoms with E-state index in [0.29, 0.717) is 30.2 Å². The Morgan fingerprint density at radius 2 is 1.87 bits per heavy atom. The summed E-state index contributed by atoms with van der Waals surface area (Å²) in [5, 5.41) is 5.23. The zero-order valence-corrected chi connectivity index (χ0v) is 12.8. The molecular weight excluding hydrogens is 299 g/mol. The second-order valence-corrected chi connectivity index (χ2v) is 4.73. The number of amides is 2. The summed E-state index contributed by atoms with van der Waals surface area (Å²) in [5.74, 6) is 1.03. The number of rotatable bonds is 7. The maximum Gasteiger partial charge on any atom is 0.315 e. The Morgan fingerprint density at radius 1 is 1.09 bits per heavy atom. The van der Waals surface area contributed by atoms with E-state index in [4.69, 9.17) is 9.47 Å². The van der Waals surface area contributed by atoms with E-state index in [1.807, 2.05) is 12.1 Å². The summed E-state index contributed by atoms with van der Waals surface area (Å²) in [5.41, 5.74) is 0.440. The van der Waals surface area contributed by atoms with Gasteiger partial charge in [0, 0.05) is 18.2 Å². The van der Waals surface area contributed by atoms with Gasteiger partial charge in [0.05, 0.1) is 13.7 Å². The second-order valence-electron chi connectivity index (χ2n) is 4.73. The van der Waals surface area contributed by atoms with E-state index in [1.165, 1.54) is 6.07 Å². The van der Waals surface area contributed by atoms with Crippen molar-refractivity contribution in [2.24, 2.45) is 0 Å². The normalized spacial score (nSPS) is 10.0. The lowest BCUT2D eigenvalue weighted by Crippen LogP contribution is -2.37. The molecule has 0 bridgehead atoms. The van der Waals surface area contributed by atoms with Crippen molar-refractivity contribution >= 4 is 6.03 Å². The van der Waals surface area contributed by atoms with E-state index < -0.39 is 0 Å². The third-order valence-electron chi connectivity index (χ3n) is 3.09. The lowest BCUT2D eigenvalue weighted by atomic mass is 10.2. The molecule has 0 unspecified atom stereocenters. The zero-order valence-electron chi connectivity index (χ0n) is 12.8. The van der Waals surface area contributed by atoms with Crippen LogP contribution >= 0.6 is 0 Å². The first-order valence-electron chi connectivity index (χ1n) is 7.21. The van der Waals surface area contributed by atoms with E-state index >= 15 is 0 Å². The predicted molar refractivity (Wildman–Crippen MR) is 85.1 cm³/mol. The minimum atomic E-state index is -0.373. The van der Waals surface area contributed by atoms with E-state index in [0.717, 1.165) is 0 Å². The maximum atomic E-state index is 13.4. The molecule has 0 aliphatic heterocycles. The molecule has 0 aliphatic rings. The van der Waals surface area contributed by atoms with Gasteiger partial charge in [0.2, 0.25) is 0 Å². The fourth-order valence-electron chi connectivity index (χ4n) is 1.90. The van der Waals surface area contributed by atoms with Gasteiger partial charge in [-0.1, -0.05) is 24.3 Å². The minimum Gasteiger partial charge on any atom is -0.497 e. The minimum absolute atomic E-state index is 0.134. The van der Waals surface area contributed by atoms with Crippen LogP contribution in [-0.4, -0.2) is 26.3 Å². The van der Waals surface area contributed by atoms with E-state index in [-0.39, 0.29) is 18.4 Å². The molecule has 0 saturated heterocycles. The van der Waals surface area contributed by atoms with Gasteiger partial charge in [-0.2, -0.15) is 0 Å². The van der Waals surface area contributed by atoms with Crippen molar-refractivity contribution in [3.63, 3.8) is 0 Å². The lowest BCUT2D eigenvalue weighted by molar-refractivity contribution is 0.236. The van der Waals surface area contributed by atoms with Crippen molar-refractivity contribution in [2.45, 2.75) is 6.54 Å². The van der Waals surface area contributed by atoms with Crippen LogP contribution in [0.1, 0.15) is 5.56 Å². The average molecular weight is 318 g/mol. The van der Waals surface area contributed by atoms with Gasteiger partial charge < -0.3 is 20.1 Å². The summed E-state index contributed by atoms with van der Waals surface area (Å²) in [4.78, 5) is 11.6. The van der Waals surface area contributed by atoms with Gasteiger partial charge in [-0.25, -0.2) is 9.18 Å². The smallest absolute Gasteiger partial charge is 0.315 e. The fraction of sp³-hybridized carbons (Fsp3) is 0.235. The Kier molecular flexibility index (Phi) is 6.23. The van der Waals surface area contributed by atoms with Crippen LogP contribution in [0.15, 0.2) is 48.5 Å². The summed E-state index contributed by atoms with van der Waals surface area (Å²) in [6.45, 7) is 0.788. The largest absolute Gasteiger partial charge is 0.497 e. The van der Waals surface area contributed by atoms with Crippen LogP contribution in [0.3, 0.4) is 0 Å². The van der Waals surface area contributed by atoms with Gasteiger partial charge in [-0.05, 0) is 18.2 Å². The SMILES string of the molecule is COc1cccc(OCCNC(=O)NCc2ccccc2F)c1. The number of halogens is 1. The first kappa shape index (κ1) is 16.6. The van der Waals surface area contributed by atoms with Gasteiger partial charge in [-0.3, -0.25) is 0 Å². The number of carbonyl (C=O) groups is 1. The monoisotopic (exact) mass is 318 g/mol. The lowest BCUT2D eigenvalue weighted by Gasteiger charge is -2.10. The molecule has 0 radical (unpaired) electrons. The van der Waals surface area contributed by atoms with Crippen molar-refractivity contribution < 1.29 is 18.7 Å². The summed E-state index contributed by atoms with van der Waals surface area (Å²) in [6, 6.07) is 13.2. The van der Waals surface area contributed by atoms with Crippen molar-refractivity contribution in [1.29, 1.82) is 0 Å². The van der Waals surface area contributed by atoms with Gasteiger partial charge in [-0.15, -0.1) is 0 Å². The van der Waals surface area contributed by atoms with Crippen LogP contribution in [0.2, 0.25) is 0 Å². The molecule has 122 valence electrons. The first-order chi connectivity index (χ1) is 11.2. The molecule has 0 aromatic heterocycles. The number of ether oxygens (including phenoxy) is 2. The maximum absolute atomic E-state index is 13.4. The average Bonchev–Trinajstić information content (AvgIpc) is 2.58. The van der Waals surface area contributed by atoms with Gasteiger partial charge in [0.1, 0.15) is 23.9 Å². The van der Waals surface area contributed by atoms with Crippen molar-refractivity contribution in [1.82, 2.24) is 10.6 Å². The van der Waals surface area contributed by atoms with Crippen LogP contribution < -0.4 is 20.1 Å². The Balaban J connectivity index is 1.66. The molecule has 0 spiro atoms. The molecule has 6 heteroatoms. The molecule has 0 heterocycles. The highest BCUT2D eigenvalue weighted by molar-refractivity contribution is 5.73. The molecule has 0 saturated carbocycles. The summed E-state index contributed by atoms with van der Waals surface area (Å²) in [6.07, 6.45) is 0. The summed E-state index contributed by atoms with van der Waals surface area (Å²) >= 11 is 0. The quantitative estimate of drug-likeness (QED) is 0.772. The van der Waals surface area contributed by atoms with Crippen molar-refractivity contribution in [3.8, 4) is 11.5 Å². The second kappa shape index (κ2) is 8.63. The topological polar surface area (TPSA) is 59.6 Å². The molecule has 5 nitrogen and oxygen atoms in total. The van der Waals surface area contributed by atoms with Crippen LogP contribution in [0.5, 0.6) is 11.5 Å². The highest BCUT2D eigenvalue weighted by atomic mass is 19.1. The summed E-state index contributed by atoms with van der Waals surface area (Å²) in [7, 11) is 1.58. The van der Waals surface area contributed by atoms with E-state index in [1.54, 1.807) is 37.4 Å². The molecule has 0 aliphatic carbocycles. The molecule has 2 aromatic carbocycles. The zero-order chi connectivity index (χ0) is 16.5. The molecule has 2 N–H and O–H groups in total. The number of carbonyl (C=O) groups excluding carboxylic acids is 1. The summed E-state index contributed by atoms with van der Waals surface area (Å²) < 4.78 is 24.0. The van der Waals surface area contributed by atoms with E-state index in [9.17, 15) is 9.18 Å². The first-order valence-corrected chi connectivity index (χ1v) is 7.21. The van der Waals surface area contributed by atoms with Crippen molar-refractivity contribution in [2.75, 3.05) is 20.3 Å². The van der Waals surface area contributed by atoms with Crippen molar-refractivity contribution in [3.05, 3.63) is 59.9 Å². The Morgan fingerprint density at radius 3 is 2.65 bits per heavy atom. The number of methoxy groups -OCH3 is 1. The molecule has 23 heavy (non-hydrogen) atoms. The molecule has 2 amide bonds. The number of hydrogen-bond acceptors (Lipinski definition) is 3. The third kappa shape index (κ3) is 5.50. The standard InChI is InChI=1S/C17H19FN2O3/c1-22-14-6-4-7-15(11-14)23-10-9-19-17(21)20-12-13-5-2-3-8-16(13)18/h2-8,11H,9-10,12H2,1H3,(H2,19,20,21). The predicted octanol–water partition coefficient (Wildman–Crippen LogP) is 2.71. The van der Waals surface area contributed by atoms with E-state index in [2.05, 4.69) is 10.6 Å². The molecule has 2 aromatic rings. The molecular formula is C17H19FN2O3. The van der Waals surface area contributed by atoms with Gasteiger partial charge in [0.15, 0.2) is 0 Å². The van der Waals surface area contributed by atoms with Crippen LogP contribution in [0.4, 0.5) is 9.18 Å². The molecule has 2 rings (SSSR count). The van der Waals surface area contributed by atoms with Crippen LogP contribution in [0, 0.1) is 5.82 Å². The molecule has 0 fully saturated rings. The Hall–Kier alpha value is -2.76. The number of urea groups is 1. The van der Waals surface area contributed by atoms with Crippen LogP contribution in [-0.2, 0) is 6.54 Å². The van der Waals surface area contributed by atoms with Gasteiger partial charge in [0.25, 0.3) is 0 Å². The number of hydrogen-bond donors (Lipinski definition) is 2. The molecule has 0 atom stereocenters. The van der Waals surface area contributed by atoms with Crippen LogP contribution in [0.25, 0.3) is 0 Å². The highest BCUT2D eigenvalue weighted by Gasteiger charge is 2.04. The van der Waals surface area contributed by atoms with Gasteiger partial charge >= 0.3 is 6.03 Å². The highest BCUT2D eigenvalue weighted by Crippen LogP contribution is 2.18. The number of nitrogens with one attached hydrogen (secondary N) is 2. The number of benzene rings is 2. The third-order valence-corrected chi connectivity index (χ3v) is 3.09. The Labute approximate surface area is 134 Å². The fourth-order valence-corrected chi connectivity index (χ4v) is 1.90.